The molecular weight excluding hydrogens is 384 g/mol. The van der Waals surface area contributed by atoms with E-state index in [-0.39, 0.29) is 23.7 Å². The Morgan fingerprint density at radius 2 is 1.92 bits per heavy atom. The van der Waals surface area contributed by atoms with Crippen LogP contribution in [-0.2, 0) is 4.79 Å². The van der Waals surface area contributed by atoms with Crippen molar-refractivity contribution in [1.29, 1.82) is 0 Å². The van der Waals surface area contributed by atoms with Crippen LogP contribution in [0.4, 0.5) is 0 Å². The highest BCUT2D eigenvalue weighted by molar-refractivity contribution is 9.10. The van der Waals surface area contributed by atoms with Crippen LogP contribution < -0.4 is 15.6 Å². The van der Waals surface area contributed by atoms with E-state index in [2.05, 4.69) is 26.8 Å². The molecule has 2 atom stereocenters. The fourth-order valence-corrected chi connectivity index (χ4v) is 3.16. The second-order valence-electron chi connectivity index (χ2n) is 5.90. The summed E-state index contributed by atoms with van der Waals surface area (Å²) >= 11 is 3.44. The van der Waals surface area contributed by atoms with Gasteiger partial charge in [0.1, 0.15) is 5.75 Å². The third-order valence-electron chi connectivity index (χ3n) is 4.13. The number of benzene rings is 2. The van der Waals surface area contributed by atoms with Gasteiger partial charge in [-0.2, -0.15) is 0 Å². The molecule has 5 nitrogen and oxygen atoms in total. The normalized spacial score (nSPS) is 18.3. The molecule has 130 valence electrons. The highest BCUT2D eigenvalue weighted by Crippen LogP contribution is 2.47. The van der Waals surface area contributed by atoms with E-state index in [0.29, 0.717) is 17.9 Å². The zero-order valence-corrected chi connectivity index (χ0v) is 15.4. The van der Waals surface area contributed by atoms with Gasteiger partial charge in [0.15, 0.2) is 0 Å². The summed E-state index contributed by atoms with van der Waals surface area (Å²) in [5.74, 6) is 0.299. The number of rotatable bonds is 5. The summed E-state index contributed by atoms with van der Waals surface area (Å²) in [5, 5.41) is 0. The van der Waals surface area contributed by atoms with Gasteiger partial charge >= 0.3 is 0 Å². The molecule has 2 aromatic rings. The highest BCUT2D eigenvalue weighted by atomic mass is 79.9. The standard InChI is InChI=1S/C19H19BrN2O3/c1-2-25-15-8-6-12(7-9-15)18(23)21-22-19(24)17-11-16(17)13-4-3-5-14(20)10-13/h3-10,16-17H,2,11H2,1H3,(H,21,23)(H,22,24). The van der Waals surface area contributed by atoms with E-state index in [9.17, 15) is 9.59 Å². The maximum Gasteiger partial charge on any atom is 0.269 e. The molecule has 0 aliphatic heterocycles. The lowest BCUT2D eigenvalue weighted by Crippen LogP contribution is -2.42. The molecule has 3 rings (SSSR count). The molecule has 0 spiro atoms. The quantitative estimate of drug-likeness (QED) is 0.752. The van der Waals surface area contributed by atoms with Gasteiger partial charge in [-0.25, -0.2) is 0 Å². The number of halogens is 1. The minimum absolute atomic E-state index is 0.102. The summed E-state index contributed by atoms with van der Waals surface area (Å²) in [4.78, 5) is 24.3. The molecule has 0 radical (unpaired) electrons. The minimum atomic E-state index is -0.351. The van der Waals surface area contributed by atoms with Gasteiger partial charge < -0.3 is 4.74 Å². The number of carbonyl (C=O) groups excluding carboxylic acids is 2. The van der Waals surface area contributed by atoms with E-state index < -0.39 is 0 Å². The molecule has 2 amide bonds. The maximum absolute atomic E-state index is 12.2. The molecule has 0 heterocycles. The molecule has 0 bridgehead atoms. The lowest BCUT2D eigenvalue weighted by atomic mass is 10.1. The van der Waals surface area contributed by atoms with Crippen LogP contribution in [0.1, 0.15) is 35.2 Å². The number of amides is 2. The lowest BCUT2D eigenvalue weighted by molar-refractivity contribution is -0.123. The Balaban J connectivity index is 1.50. The fourth-order valence-electron chi connectivity index (χ4n) is 2.74. The summed E-state index contributed by atoms with van der Waals surface area (Å²) in [5.41, 5.74) is 6.57. The van der Waals surface area contributed by atoms with Gasteiger partial charge in [0, 0.05) is 16.0 Å². The monoisotopic (exact) mass is 402 g/mol. The van der Waals surface area contributed by atoms with Crippen LogP contribution in [0.3, 0.4) is 0 Å². The first-order valence-electron chi connectivity index (χ1n) is 8.17. The molecule has 1 saturated carbocycles. The molecule has 25 heavy (non-hydrogen) atoms. The van der Waals surface area contributed by atoms with Gasteiger partial charge in [-0.1, -0.05) is 28.1 Å². The van der Waals surface area contributed by atoms with Crippen molar-refractivity contribution in [2.45, 2.75) is 19.3 Å². The van der Waals surface area contributed by atoms with Crippen molar-refractivity contribution in [1.82, 2.24) is 10.9 Å². The molecule has 6 heteroatoms. The number of hydrogen-bond acceptors (Lipinski definition) is 3. The molecule has 1 fully saturated rings. The molecular formula is C19H19BrN2O3. The van der Waals surface area contributed by atoms with Crippen LogP contribution in [0.25, 0.3) is 0 Å². The molecule has 0 saturated heterocycles. The van der Waals surface area contributed by atoms with Gasteiger partial charge in [0.2, 0.25) is 5.91 Å². The van der Waals surface area contributed by atoms with E-state index in [0.717, 1.165) is 16.5 Å². The molecule has 1 aliphatic carbocycles. The van der Waals surface area contributed by atoms with E-state index >= 15 is 0 Å². The van der Waals surface area contributed by atoms with Gasteiger partial charge in [0.05, 0.1) is 6.61 Å². The minimum Gasteiger partial charge on any atom is -0.494 e. The fraction of sp³-hybridized carbons (Fsp3) is 0.263. The van der Waals surface area contributed by atoms with Crippen molar-refractivity contribution in [2.24, 2.45) is 5.92 Å². The summed E-state index contributed by atoms with van der Waals surface area (Å²) in [6.45, 7) is 2.47. The van der Waals surface area contributed by atoms with Crippen LogP contribution in [-0.4, -0.2) is 18.4 Å². The summed E-state index contributed by atoms with van der Waals surface area (Å²) < 4.78 is 6.34. The summed E-state index contributed by atoms with van der Waals surface area (Å²) in [7, 11) is 0. The zero-order chi connectivity index (χ0) is 17.8. The van der Waals surface area contributed by atoms with Crippen LogP contribution in [0.15, 0.2) is 53.0 Å². The Hall–Kier alpha value is -2.34. The smallest absolute Gasteiger partial charge is 0.269 e. The average Bonchev–Trinajstić information content (AvgIpc) is 3.41. The summed E-state index contributed by atoms with van der Waals surface area (Å²) in [6, 6.07) is 14.7. The maximum atomic E-state index is 12.2. The van der Waals surface area contributed by atoms with E-state index in [1.54, 1.807) is 24.3 Å². The van der Waals surface area contributed by atoms with E-state index in [4.69, 9.17) is 4.74 Å². The van der Waals surface area contributed by atoms with Gasteiger partial charge in [-0.15, -0.1) is 0 Å². The largest absolute Gasteiger partial charge is 0.494 e. The lowest BCUT2D eigenvalue weighted by Gasteiger charge is -2.08. The number of carbonyl (C=O) groups is 2. The van der Waals surface area contributed by atoms with Crippen LogP contribution in [0, 0.1) is 5.92 Å². The van der Waals surface area contributed by atoms with Gasteiger partial charge in [0.25, 0.3) is 5.91 Å². The van der Waals surface area contributed by atoms with Crippen LogP contribution >= 0.6 is 15.9 Å². The molecule has 2 unspecified atom stereocenters. The Morgan fingerprint density at radius 1 is 1.16 bits per heavy atom. The van der Waals surface area contributed by atoms with E-state index in [1.165, 1.54) is 0 Å². The molecule has 2 aromatic carbocycles. The third kappa shape index (κ3) is 4.39. The molecule has 1 aliphatic rings. The second kappa shape index (κ2) is 7.70. The molecule has 0 aromatic heterocycles. The number of hydrazine groups is 1. The van der Waals surface area contributed by atoms with Crippen molar-refractivity contribution in [3.8, 4) is 5.75 Å². The first-order chi connectivity index (χ1) is 12.1. The average molecular weight is 403 g/mol. The Labute approximate surface area is 154 Å². The third-order valence-corrected chi connectivity index (χ3v) is 4.62. The second-order valence-corrected chi connectivity index (χ2v) is 6.82. The number of nitrogens with one attached hydrogen (secondary N) is 2. The predicted octanol–water partition coefficient (Wildman–Crippen LogP) is 3.41. The first-order valence-corrected chi connectivity index (χ1v) is 8.96. The first kappa shape index (κ1) is 17.5. The Kier molecular flexibility index (Phi) is 5.38. The Morgan fingerprint density at radius 3 is 2.60 bits per heavy atom. The molecule has 2 N–H and O–H groups in total. The highest BCUT2D eigenvalue weighted by Gasteiger charge is 2.44. The van der Waals surface area contributed by atoms with E-state index in [1.807, 2.05) is 31.2 Å². The predicted molar refractivity (Wildman–Crippen MR) is 98.2 cm³/mol. The van der Waals surface area contributed by atoms with Crippen molar-refractivity contribution in [2.75, 3.05) is 6.61 Å². The van der Waals surface area contributed by atoms with Crippen molar-refractivity contribution in [3.63, 3.8) is 0 Å². The van der Waals surface area contributed by atoms with Gasteiger partial charge in [-0.05, 0) is 61.2 Å². The van der Waals surface area contributed by atoms with Gasteiger partial charge in [-0.3, -0.25) is 20.4 Å². The number of hydrogen-bond donors (Lipinski definition) is 2. The topological polar surface area (TPSA) is 67.4 Å². The summed E-state index contributed by atoms with van der Waals surface area (Å²) in [6.07, 6.45) is 0.793. The van der Waals surface area contributed by atoms with Crippen molar-refractivity contribution in [3.05, 3.63) is 64.1 Å². The Bertz CT molecular complexity index is 776. The van der Waals surface area contributed by atoms with Crippen molar-refractivity contribution >= 4 is 27.7 Å². The zero-order valence-electron chi connectivity index (χ0n) is 13.8. The SMILES string of the molecule is CCOc1ccc(C(=O)NNC(=O)C2CC2c2cccc(Br)c2)cc1. The van der Waals surface area contributed by atoms with Crippen molar-refractivity contribution < 1.29 is 14.3 Å². The van der Waals surface area contributed by atoms with Crippen LogP contribution in [0.2, 0.25) is 0 Å². The number of ether oxygens (including phenoxy) is 1. The van der Waals surface area contributed by atoms with Crippen LogP contribution in [0.5, 0.6) is 5.75 Å².